The number of halogens is 3. The lowest BCUT2D eigenvalue weighted by Gasteiger charge is -2.20. The molecule has 7 heteroatoms. The van der Waals surface area contributed by atoms with E-state index in [1.165, 1.54) is 6.07 Å². The van der Waals surface area contributed by atoms with E-state index in [-0.39, 0.29) is 0 Å². The second-order valence-electron chi connectivity index (χ2n) is 6.10. The molecule has 4 rings (SSSR count). The summed E-state index contributed by atoms with van der Waals surface area (Å²) in [5.74, 6) is -1.32. The van der Waals surface area contributed by atoms with Gasteiger partial charge >= 0.3 is 0 Å². The van der Waals surface area contributed by atoms with Gasteiger partial charge in [-0.05, 0) is 47.5 Å². The highest BCUT2D eigenvalue weighted by Crippen LogP contribution is 2.40. The number of anilines is 1. The molecule has 0 aliphatic carbocycles. The lowest BCUT2D eigenvalue weighted by atomic mass is 10.0. The Hall–Kier alpha value is -2.93. The highest BCUT2D eigenvalue weighted by atomic mass is 79.9. The molecule has 3 aromatic rings. The van der Waals surface area contributed by atoms with E-state index < -0.39 is 23.1 Å². The van der Waals surface area contributed by atoms with E-state index in [2.05, 4.69) is 21.2 Å². The molecule has 0 fully saturated rings. The molecule has 0 bridgehead atoms. The van der Waals surface area contributed by atoms with Crippen molar-refractivity contribution in [2.45, 2.75) is 0 Å². The van der Waals surface area contributed by atoms with E-state index in [0.29, 0.717) is 30.4 Å². The summed E-state index contributed by atoms with van der Waals surface area (Å²) < 4.78 is 39.5. The van der Waals surface area contributed by atoms with Crippen molar-refractivity contribution < 1.29 is 23.0 Å². The van der Waals surface area contributed by atoms with E-state index >= 15 is 0 Å². The number of amides is 1. The van der Waals surface area contributed by atoms with Gasteiger partial charge in [-0.1, -0.05) is 34.1 Å². The number of rotatable bonds is 3. The number of hydrogen-bond donors (Lipinski definition) is 1. The molecular weight excluding hydrogens is 432 g/mol. The molecule has 0 spiro atoms. The Morgan fingerprint density at radius 1 is 0.929 bits per heavy atom. The van der Waals surface area contributed by atoms with E-state index in [4.69, 9.17) is 9.47 Å². The summed E-state index contributed by atoms with van der Waals surface area (Å²) in [5, 5.41) is 2.51. The summed E-state index contributed by atoms with van der Waals surface area (Å²) in [7, 11) is 0. The Morgan fingerprint density at radius 3 is 2.18 bits per heavy atom. The van der Waals surface area contributed by atoms with Crippen LogP contribution in [0.2, 0.25) is 0 Å². The topological polar surface area (TPSA) is 47.6 Å². The summed E-state index contributed by atoms with van der Waals surface area (Å²) >= 11 is 3.53. The SMILES string of the molecule is O=C(Nc1ccc(-c2cc3c(cc2Br)OCCO3)cc1)c1c(F)cccc1F. The van der Waals surface area contributed by atoms with Crippen molar-refractivity contribution in [1.29, 1.82) is 0 Å². The highest BCUT2D eigenvalue weighted by molar-refractivity contribution is 9.10. The first-order valence-electron chi connectivity index (χ1n) is 8.48. The van der Waals surface area contributed by atoms with Crippen LogP contribution < -0.4 is 14.8 Å². The Bertz CT molecular complexity index is 1030. The molecule has 0 atom stereocenters. The first kappa shape index (κ1) is 18.4. The molecule has 28 heavy (non-hydrogen) atoms. The summed E-state index contributed by atoms with van der Waals surface area (Å²) in [6.07, 6.45) is 0. The average molecular weight is 446 g/mol. The number of carbonyl (C=O) groups excluding carboxylic acids is 1. The van der Waals surface area contributed by atoms with Gasteiger partial charge in [-0.15, -0.1) is 0 Å². The first-order chi connectivity index (χ1) is 13.5. The van der Waals surface area contributed by atoms with Gasteiger partial charge in [0.1, 0.15) is 30.4 Å². The third-order valence-corrected chi connectivity index (χ3v) is 4.93. The van der Waals surface area contributed by atoms with Gasteiger partial charge in [0.2, 0.25) is 0 Å². The van der Waals surface area contributed by atoms with Gasteiger partial charge < -0.3 is 14.8 Å². The van der Waals surface area contributed by atoms with E-state index in [1.807, 2.05) is 12.1 Å². The minimum atomic E-state index is -0.908. The van der Waals surface area contributed by atoms with Crippen LogP contribution in [0.5, 0.6) is 11.5 Å². The maximum atomic E-state index is 13.7. The fourth-order valence-corrected chi connectivity index (χ4v) is 3.48. The maximum absolute atomic E-state index is 13.7. The summed E-state index contributed by atoms with van der Waals surface area (Å²) in [4.78, 5) is 12.2. The van der Waals surface area contributed by atoms with Gasteiger partial charge in [-0.3, -0.25) is 4.79 Å². The van der Waals surface area contributed by atoms with Gasteiger partial charge in [-0.2, -0.15) is 0 Å². The van der Waals surface area contributed by atoms with Crippen LogP contribution in [-0.4, -0.2) is 19.1 Å². The molecule has 0 radical (unpaired) electrons. The quantitative estimate of drug-likeness (QED) is 0.585. The van der Waals surface area contributed by atoms with Gasteiger partial charge in [0.15, 0.2) is 11.5 Å². The fraction of sp³-hybridized carbons (Fsp3) is 0.0952. The van der Waals surface area contributed by atoms with Crippen molar-refractivity contribution in [3.05, 3.63) is 76.3 Å². The third kappa shape index (κ3) is 3.57. The molecule has 0 saturated heterocycles. The Morgan fingerprint density at radius 2 is 1.54 bits per heavy atom. The zero-order valence-corrected chi connectivity index (χ0v) is 16.1. The van der Waals surface area contributed by atoms with Crippen LogP contribution in [0.25, 0.3) is 11.1 Å². The number of hydrogen-bond acceptors (Lipinski definition) is 3. The molecule has 1 aliphatic rings. The number of ether oxygens (including phenoxy) is 2. The highest BCUT2D eigenvalue weighted by Gasteiger charge is 2.18. The molecule has 3 aromatic carbocycles. The number of benzene rings is 3. The van der Waals surface area contributed by atoms with Crippen molar-refractivity contribution in [2.24, 2.45) is 0 Å². The lowest BCUT2D eigenvalue weighted by molar-refractivity contribution is 0.101. The van der Waals surface area contributed by atoms with Crippen molar-refractivity contribution >= 4 is 27.5 Å². The zero-order valence-electron chi connectivity index (χ0n) is 14.5. The third-order valence-electron chi connectivity index (χ3n) is 4.28. The van der Waals surface area contributed by atoms with E-state index in [9.17, 15) is 13.6 Å². The normalized spacial score (nSPS) is 12.5. The maximum Gasteiger partial charge on any atom is 0.261 e. The Balaban J connectivity index is 1.57. The van der Waals surface area contributed by atoms with Crippen LogP contribution >= 0.6 is 15.9 Å². The fourth-order valence-electron chi connectivity index (χ4n) is 2.93. The van der Waals surface area contributed by atoms with Crippen LogP contribution in [0, 0.1) is 11.6 Å². The predicted octanol–water partition coefficient (Wildman–Crippen LogP) is 5.42. The summed E-state index contributed by atoms with van der Waals surface area (Å²) in [5.41, 5.74) is 1.58. The van der Waals surface area contributed by atoms with E-state index in [0.717, 1.165) is 27.7 Å². The molecule has 0 saturated carbocycles. The van der Waals surface area contributed by atoms with Crippen LogP contribution in [0.3, 0.4) is 0 Å². The van der Waals surface area contributed by atoms with Crippen molar-refractivity contribution in [2.75, 3.05) is 18.5 Å². The molecule has 142 valence electrons. The van der Waals surface area contributed by atoms with Crippen molar-refractivity contribution in [3.8, 4) is 22.6 Å². The second kappa shape index (κ2) is 7.59. The van der Waals surface area contributed by atoms with Crippen LogP contribution in [0.1, 0.15) is 10.4 Å². The van der Waals surface area contributed by atoms with Gasteiger partial charge in [0, 0.05) is 10.2 Å². The molecule has 1 heterocycles. The number of carbonyl (C=O) groups is 1. The van der Waals surface area contributed by atoms with Gasteiger partial charge in [0.25, 0.3) is 5.91 Å². The smallest absolute Gasteiger partial charge is 0.261 e. The Labute approximate surface area is 168 Å². The Kier molecular flexibility index (Phi) is 5.00. The lowest BCUT2D eigenvalue weighted by Crippen LogP contribution is -2.15. The molecule has 1 N–H and O–H groups in total. The minimum absolute atomic E-state index is 0.421. The average Bonchev–Trinajstić information content (AvgIpc) is 2.68. The molecule has 0 aromatic heterocycles. The summed E-state index contributed by atoms with van der Waals surface area (Å²) in [6, 6.07) is 13.9. The number of fused-ring (bicyclic) bond motifs is 1. The molecule has 1 amide bonds. The zero-order chi connectivity index (χ0) is 19.7. The molecular formula is C21H14BrF2NO3. The molecule has 4 nitrogen and oxygen atoms in total. The van der Waals surface area contributed by atoms with Crippen molar-refractivity contribution in [3.63, 3.8) is 0 Å². The minimum Gasteiger partial charge on any atom is -0.486 e. The van der Waals surface area contributed by atoms with Gasteiger partial charge in [-0.25, -0.2) is 8.78 Å². The second-order valence-corrected chi connectivity index (χ2v) is 6.96. The van der Waals surface area contributed by atoms with Gasteiger partial charge in [0.05, 0.1) is 0 Å². The van der Waals surface area contributed by atoms with Crippen molar-refractivity contribution in [1.82, 2.24) is 0 Å². The standard InChI is InChI=1S/C21H14BrF2NO3/c22-15-11-19-18(27-8-9-28-19)10-14(15)12-4-6-13(7-5-12)25-21(26)20-16(23)2-1-3-17(20)24/h1-7,10-11H,8-9H2,(H,25,26). The van der Waals surface area contributed by atoms with Crippen LogP contribution in [-0.2, 0) is 0 Å². The van der Waals surface area contributed by atoms with Crippen LogP contribution in [0.15, 0.2) is 59.1 Å². The van der Waals surface area contributed by atoms with Crippen LogP contribution in [0.4, 0.5) is 14.5 Å². The summed E-state index contributed by atoms with van der Waals surface area (Å²) in [6.45, 7) is 1.00. The monoisotopic (exact) mass is 445 g/mol. The van der Waals surface area contributed by atoms with E-state index in [1.54, 1.807) is 24.3 Å². The number of nitrogens with one attached hydrogen (secondary N) is 1. The largest absolute Gasteiger partial charge is 0.486 e. The molecule has 0 unspecified atom stereocenters. The molecule has 1 aliphatic heterocycles. The first-order valence-corrected chi connectivity index (χ1v) is 9.27. The predicted molar refractivity (Wildman–Crippen MR) is 105 cm³/mol.